The molecule has 1 rings (SSSR count). The molecule has 0 spiro atoms. The van der Waals surface area contributed by atoms with E-state index in [1.807, 2.05) is 6.07 Å². The van der Waals surface area contributed by atoms with Gasteiger partial charge in [0.1, 0.15) is 0 Å². The van der Waals surface area contributed by atoms with E-state index in [1.165, 1.54) is 11.1 Å². The molecule has 0 unspecified atom stereocenters. The molecule has 0 aromatic carbocycles. The van der Waals surface area contributed by atoms with Crippen molar-refractivity contribution in [2.24, 2.45) is 5.92 Å². The number of hydrogen-bond donors (Lipinski definition) is 0. The third kappa shape index (κ3) is 5.40. The highest BCUT2D eigenvalue weighted by Crippen LogP contribution is 2.04. The van der Waals surface area contributed by atoms with Crippen LogP contribution in [0.4, 0.5) is 0 Å². The van der Waals surface area contributed by atoms with Gasteiger partial charge in [0.15, 0.2) is 0 Å². The standard InChI is InChI=1S/C15H20O/c1-13(2)6-4-7-14(3)8-5-9-15-10-11-16-12-15/h4-8,10-13H,9H2,1-3H3/b6-4-,8-5-,14-7+. The minimum atomic E-state index is 0.610. The maximum atomic E-state index is 5.00. The van der Waals surface area contributed by atoms with Gasteiger partial charge in [-0.2, -0.15) is 0 Å². The lowest BCUT2D eigenvalue weighted by Gasteiger charge is -1.92. The van der Waals surface area contributed by atoms with E-state index in [0.717, 1.165) is 6.42 Å². The zero-order valence-corrected chi connectivity index (χ0v) is 10.3. The van der Waals surface area contributed by atoms with E-state index in [-0.39, 0.29) is 0 Å². The van der Waals surface area contributed by atoms with E-state index in [9.17, 15) is 0 Å². The monoisotopic (exact) mass is 216 g/mol. The van der Waals surface area contributed by atoms with Crippen LogP contribution in [0.1, 0.15) is 26.3 Å². The first-order valence-corrected chi connectivity index (χ1v) is 5.71. The van der Waals surface area contributed by atoms with Gasteiger partial charge >= 0.3 is 0 Å². The summed E-state index contributed by atoms with van der Waals surface area (Å²) in [5, 5.41) is 0. The third-order valence-electron chi connectivity index (χ3n) is 2.17. The molecule has 0 N–H and O–H groups in total. The molecule has 0 atom stereocenters. The molecule has 0 radical (unpaired) electrons. The summed E-state index contributed by atoms with van der Waals surface area (Å²) in [5.74, 6) is 0.610. The second kappa shape index (κ2) is 6.89. The molecule has 86 valence electrons. The van der Waals surface area contributed by atoms with Gasteiger partial charge in [-0.05, 0) is 30.9 Å². The van der Waals surface area contributed by atoms with Gasteiger partial charge in [0, 0.05) is 0 Å². The van der Waals surface area contributed by atoms with Gasteiger partial charge in [0.25, 0.3) is 0 Å². The molecule has 16 heavy (non-hydrogen) atoms. The van der Waals surface area contributed by atoms with Crippen LogP contribution in [0.3, 0.4) is 0 Å². The molecular weight excluding hydrogens is 196 g/mol. The van der Waals surface area contributed by atoms with Gasteiger partial charge in [-0.25, -0.2) is 0 Å². The highest BCUT2D eigenvalue weighted by molar-refractivity contribution is 5.23. The summed E-state index contributed by atoms with van der Waals surface area (Å²) in [6, 6.07) is 1.99. The summed E-state index contributed by atoms with van der Waals surface area (Å²) < 4.78 is 5.00. The van der Waals surface area contributed by atoms with Crippen molar-refractivity contribution < 1.29 is 4.42 Å². The minimum absolute atomic E-state index is 0.610. The van der Waals surface area contributed by atoms with E-state index >= 15 is 0 Å². The fourth-order valence-corrected chi connectivity index (χ4v) is 1.27. The maximum Gasteiger partial charge on any atom is 0.0937 e. The van der Waals surface area contributed by atoms with Gasteiger partial charge < -0.3 is 4.42 Å². The van der Waals surface area contributed by atoms with Crippen molar-refractivity contribution in [3.8, 4) is 0 Å². The lowest BCUT2D eigenvalue weighted by Crippen LogP contribution is -1.76. The maximum absolute atomic E-state index is 5.00. The zero-order valence-electron chi connectivity index (χ0n) is 10.3. The van der Waals surface area contributed by atoms with Gasteiger partial charge in [0.2, 0.25) is 0 Å². The predicted octanol–water partition coefficient (Wildman–Crippen LogP) is 4.54. The first-order valence-electron chi connectivity index (χ1n) is 5.71. The van der Waals surface area contributed by atoms with Crippen LogP contribution in [0.25, 0.3) is 0 Å². The van der Waals surface area contributed by atoms with E-state index in [0.29, 0.717) is 5.92 Å². The highest BCUT2D eigenvalue weighted by Gasteiger charge is 1.89. The molecule has 0 fully saturated rings. The van der Waals surface area contributed by atoms with E-state index < -0.39 is 0 Å². The largest absolute Gasteiger partial charge is 0.472 e. The van der Waals surface area contributed by atoms with Gasteiger partial charge in [-0.15, -0.1) is 0 Å². The van der Waals surface area contributed by atoms with E-state index in [2.05, 4.69) is 51.2 Å². The molecule has 0 bridgehead atoms. The van der Waals surface area contributed by atoms with Crippen molar-refractivity contribution in [1.29, 1.82) is 0 Å². The lowest BCUT2D eigenvalue weighted by atomic mass is 10.1. The lowest BCUT2D eigenvalue weighted by molar-refractivity contribution is 0.565. The van der Waals surface area contributed by atoms with Crippen LogP contribution in [0.2, 0.25) is 0 Å². The fraction of sp³-hybridized carbons (Fsp3) is 0.333. The van der Waals surface area contributed by atoms with Gasteiger partial charge in [-0.3, -0.25) is 0 Å². The zero-order chi connectivity index (χ0) is 11.8. The second-order valence-corrected chi connectivity index (χ2v) is 4.28. The number of rotatable bonds is 5. The summed E-state index contributed by atoms with van der Waals surface area (Å²) in [6.07, 6.45) is 15.1. The third-order valence-corrected chi connectivity index (χ3v) is 2.17. The van der Waals surface area contributed by atoms with Crippen molar-refractivity contribution in [2.45, 2.75) is 27.2 Å². The smallest absolute Gasteiger partial charge is 0.0937 e. The SMILES string of the molecule is CC(/C=C\Cc1ccoc1)=C\C=C/C(C)C. The molecule has 1 heterocycles. The molecule has 1 heteroatoms. The number of allylic oxidation sites excluding steroid dienone is 6. The predicted molar refractivity (Wildman–Crippen MR) is 69.3 cm³/mol. The van der Waals surface area contributed by atoms with E-state index in [1.54, 1.807) is 12.5 Å². The Balaban J connectivity index is 2.38. The molecule has 1 aromatic rings. The van der Waals surface area contributed by atoms with E-state index in [4.69, 9.17) is 4.42 Å². The van der Waals surface area contributed by atoms with Crippen LogP contribution in [0, 0.1) is 5.92 Å². The first-order chi connectivity index (χ1) is 7.68. The summed E-state index contributed by atoms with van der Waals surface area (Å²) in [6.45, 7) is 6.46. The first kappa shape index (κ1) is 12.6. The van der Waals surface area contributed by atoms with Gasteiger partial charge in [-0.1, -0.05) is 49.8 Å². The summed E-state index contributed by atoms with van der Waals surface area (Å²) in [5.41, 5.74) is 2.47. The van der Waals surface area contributed by atoms with Crippen LogP contribution in [0.5, 0.6) is 0 Å². The normalized spacial score (nSPS) is 13.4. The molecule has 0 saturated carbocycles. The quantitative estimate of drug-likeness (QED) is 0.659. The Morgan fingerprint density at radius 2 is 2.25 bits per heavy atom. The average molecular weight is 216 g/mol. The topological polar surface area (TPSA) is 13.1 Å². The molecule has 0 amide bonds. The molecule has 0 aliphatic rings. The molecule has 0 aliphatic heterocycles. The Bertz CT molecular complexity index is 364. The Morgan fingerprint density at radius 1 is 1.44 bits per heavy atom. The number of furan rings is 1. The highest BCUT2D eigenvalue weighted by atomic mass is 16.3. The Labute approximate surface area is 98.2 Å². The number of hydrogen-bond acceptors (Lipinski definition) is 1. The molecule has 1 nitrogen and oxygen atoms in total. The fourth-order valence-electron chi connectivity index (χ4n) is 1.27. The van der Waals surface area contributed by atoms with Crippen molar-refractivity contribution >= 4 is 0 Å². The Morgan fingerprint density at radius 3 is 2.88 bits per heavy atom. The van der Waals surface area contributed by atoms with Gasteiger partial charge in [0.05, 0.1) is 12.5 Å². The Kier molecular flexibility index (Phi) is 5.41. The van der Waals surface area contributed by atoms with Crippen molar-refractivity contribution in [1.82, 2.24) is 0 Å². The van der Waals surface area contributed by atoms with Crippen LogP contribution < -0.4 is 0 Å². The molecule has 0 saturated heterocycles. The average Bonchev–Trinajstić information content (AvgIpc) is 2.70. The molecule has 1 aromatic heterocycles. The summed E-state index contributed by atoms with van der Waals surface area (Å²) in [7, 11) is 0. The van der Waals surface area contributed by atoms with Crippen LogP contribution in [-0.2, 0) is 6.42 Å². The van der Waals surface area contributed by atoms with Crippen LogP contribution >= 0.6 is 0 Å². The summed E-state index contributed by atoms with van der Waals surface area (Å²) >= 11 is 0. The van der Waals surface area contributed by atoms with Crippen LogP contribution in [0.15, 0.2) is 59.0 Å². The van der Waals surface area contributed by atoms with Crippen molar-refractivity contribution in [3.63, 3.8) is 0 Å². The van der Waals surface area contributed by atoms with Crippen LogP contribution in [-0.4, -0.2) is 0 Å². The van der Waals surface area contributed by atoms with Crippen molar-refractivity contribution in [3.05, 3.63) is 60.1 Å². The molecular formula is C15H20O. The minimum Gasteiger partial charge on any atom is -0.472 e. The Hall–Kier alpha value is -1.50. The summed E-state index contributed by atoms with van der Waals surface area (Å²) in [4.78, 5) is 0. The van der Waals surface area contributed by atoms with Crippen molar-refractivity contribution in [2.75, 3.05) is 0 Å². The molecule has 0 aliphatic carbocycles. The second-order valence-electron chi connectivity index (χ2n) is 4.28.